The summed E-state index contributed by atoms with van der Waals surface area (Å²) in [7, 11) is 0. The summed E-state index contributed by atoms with van der Waals surface area (Å²) in [5.41, 5.74) is 1.80. The number of benzene rings is 1. The molecule has 0 bridgehead atoms. The summed E-state index contributed by atoms with van der Waals surface area (Å²) < 4.78 is 6.41. The second-order valence-corrected chi connectivity index (χ2v) is 9.46. The van der Waals surface area contributed by atoms with Crippen molar-refractivity contribution in [2.75, 3.05) is 5.75 Å². The molecule has 130 valence electrons. The monoisotopic (exact) mass is 410 g/mol. The number of hydrogen-bond acceptors (Lipinski definition) is 4. The third-order valence-corrected chi connectivity index (χ3v) is 6.07. The molecule has 2 aliphatic rings. The molecule has 0 unspecified atom stereocenters. The molecule has 1 heterocycles. The van der Waals surface area contributed by atoms with E-state index in [1.54, 1.807) is 11.8 Å². The summed E-state index contributed by atoms with van der Waals surface area (Å²) in [6.07, 6.45) is 1.77. The molecule has 1 aromatic carbocycles. The van der Waals surface area contributed by atoms with Crippen molar-refractivity contribution in [3.8, 4) is 0 Å². The fourth-order valence-electron chi connectivity index (χ4n) is 3.34. The van der Waals surface area contributed by atoms with Crippen molar-refractivity contribution in [2.24, 2.45) is 10.9 Å². The zero-order valence-electron chi connectivity index (χ0n) is 14.5. The number of thioether (sulfide) groups is 1. The van der Waals surface area contributed by atoms with Crippen LogP contribution >= 0.6 is 27.7 Å². The number of nitrogens with one attached hydrogen (secondary N) is 1. The van der Waals surface area contributed by atoms with Crippen molar-refractivity contribution < 1.29 is 9.53 Å². The quantitative estimate of drug-likeness (QED) is 0.664. The third-order valence-electron chi connectivity index (χ3n) is 4.54. The molecule has 1 aliphatic carbocycles. The maximum atomic E-state index is 12.1. The lowest BCUT2D eigenvalue weighted by Crippen LogP contribution is -2.44. The minimum atomic E-state index is -0.515. The van der Waals surface area contributed by atoms with Crippen LogP contribution in [0.5, 0.6) is 0 Å². The van der Waals surface area contributed by atoms with Gasteiger partial charge in [0.1, 0.15) is 5.60 Å². The molecule has 1 aromatic rings. The summed E-state index contributed by atoms with van der Waals surface area (Å²) in [6.45, 7) is 7.75. The Labute approximate surface area is 156 Å². The zero-order chi connectivity index (χ0) is 17.5. The number of hydrogen-bond donors (Lipinski definition) is 1. The van der Waals surface area contributed by atoms with Gasteiger partial charge in [0.2, 0.25) is 0 Å². The number of ether oxygens (including phenoxy) is 1. The van der Waals surface area contributed by atoms with Gasteiger partial charge < -0.3 is 4.74 Å². The molecule has 0 spiro atoms. The number of halogens is 1. The molecule has 0 fully saturated rings. The number of amidine groups is 1. The van der Waals surface area contributed by atoms with Gasteiger partial charge in [-0.1, -0.05) is 33.8 Å². The SMILES string of the molecule is CC(C)(C)OC(=O)NC1=N[C@]2(C)c3cc(Br)ccc3CC[C@@H]2CS1. The number of rotatable bonds is 0. The molecule has 1 N–H and O–H groups in total. The lowest BCUT2D eigenvalue weighted by molar-refractivity contribution is 0.0564. The number of alkyl carbamates (subject to hydrolysis) is 1. The van der Waals surface area contributed by atoms with Crippen LogP contribution in [0.1, 0.15) is 45.2 Å². The Balaban J connectivity index is 1.89. The van der Waals surface area contributed by atoms with Crippen LogP contribution in [0.2, 0.25) is 0 Å². The maximum absolute atomic E-state index is 12.1. The molecule has 2 atom stereocenters. The minimum Gasteiger partial charge on any atom is -0.444 e. The Morgan fingerprint density at radius 3 is 2.92 bits per heavy atom. The predicted octanol–water partition coefficient (Wildman–Crippen LogP) is 4.85. The molecule has 0 saturated heterocycles. The van der Waals surface area contributed by atoms with Gasteiger partial charge in [0.25, 0.3) is 0 Å². The molecular weight excluding hydrogens is 388 g/mol. The Morgan fingerprint density at radius 2 is 2.21 bits per heavy atom. The number of nitrogens with zero attached hydrogens (tertiary/aromatic N) is 1. The number of amides is 1. The van der Waals surface area contributed by atoms with Gasteiger partial charge in [-0.15, -0.1) is 0 Å². The normalized spacial score (nSPS) is 26.0. The minimum absolute atomic E-state index is 0.299. The van der Waals surface area contributed by atoms with E-state index in [1.165, 1.54) is 11.1 Å². The zero-order valence-corrected chi connectivity index (χ0v) is 16.9. The van der Waals surface area contributed by atoms with Crippen LogP contribution in [0.15, 0.2) is 27.7 Å². The smallest absolute Gasteiger partial charge is 0.413 e. The highest BCUT2D eigenvalue weighted by Crippen LogP contribution is 2.47. The summed E-state index contributed by atoms with van der Waals surface area (Å²) in [5, 5.41) is 3.47. The van der Waals surface area contributed by atoms with Gasteiger partial charge in [0, 0.05) is 10.2 Å². The lowest BCUT2D eigenvalue weighted by Gasteiger charge is -2.43. The molecule has 6 heteroatoms. The van der Waals surface area contributed by atoms with Gasteiger partial charge in [-0.3, -0.25) is 10.3 Å². The van der Waals surface area contributed by atoms with Gasteiger partial charge in [-0.2, -0.15) is 0 Å². The Morgan fingerprint density at radius 1 is 1.46 bits per heavy atom. The molecule has 4 nitrogen and oxygen atoms in total. The molecule has 0 aromatic heterocycles. The number of aliphatic imine (C=N–C) groups is 1. The number of fused-ring (bicyclic) bond motifs is 3. The average Bonchev–Trinajstić information content (AvgIpc) is 2.45. The summed E-state index contributed by atoms with van der Waals surface area (Å²) in [4.78, 5) is 17.0. The largest absolute Gasteiger partial charge is 0.444 e. The first-order valence-corrected chi connectivity index (χ1v) is 9.97. The highest BCUT2D eigenvalue weighted by Gasteiger charge is 2.43. The van der Waals surface area contributed by atoms with Crippen molar-refractivity contribution in [2.45, 2.75) is 51.7 Å². The maximum Gasteiger partial charge on any atom is 0.413 e. The van der Waals surface area contributed by atoms with Crippen LogP contribution < -0.4 is 5.32 Å². The predicted molar refractivity (Wildman–Crippen MR) is 103 cm³/mol. The van der Waals surface area contributed by atoms with Gasteiger partial charge in [-0.05, 0) is 69.7 Å². The highest BCUT2D eigenvalue weighted by atomic mass is 79.9. The third kappa shape index (κ3) is 3.64. The van der Waals surface area contributed by atoms with Gasteiger partial charge in [0.05, 0.1) is 5.54 Å². The number of carbonyl (C=O) groups is 1. The van der Waals surface area contributed by atoms with E-state index in [-0.39, 0.29) is 5.54 Å². The summed E-state index contributed by atoms with van der Waals surface area (Å²) in [5.74, 6) is 1.44. The van der Waals surface area contributed by atoms with E-state index in [0.717, 1.165) is 23.1 Å². The topological polar surface area (TPSA) is 50.7 Å². The van der Waals surface area contributed by atoms with Crippen LogP contribution in [0.3, 0.4) is 0 Å². The van der Waals surface area contributed by atoms with E-state index in [0.29, 0.717) is 11.1 Å². The van der Waals surface area contributed by atoms with Crippen LogP contribution in [0, 0.1) is 5.92 Å². The lowest BCUT2D eigenvalue weighted by atomic mass is 9.71. The molecule has 3 rings (SSSR count). The first kappa shape index (κ1) is 17.8. The molecule has 1 amide bonds. The summed E-state index contributed by atoms with van der Waals surface area (Å²) in [6, 6.07) is 6.44. The number of carbonyl (C=O) groups excluding carboxylic acids is 1. The fraction of sp³-hybridized carbons (Fsp3) is 0.556. The summed E-state index contributed by atoms with van der Waals surface area (Å²) >= 11 is 5.18. The van der Waals surface area contributed by atoms with E-state index in [2.05, 4.69) is 46.4 Å². The highest BCUT2D eigenvalue weighted by molar-refractivity contribution is 9.10. The van der Waals surface area contributed by atoms with Gasteiger partial charge in [0.15, 0.2) is 5.17 Å². The Kier molecular flexibility index (Phi) is 4.73. The molecule has 1 aliphatic heterocycles. The Bertz CT molecular complexity index is 699. The Hall–Kier alpha value is -1.01. The van der Waals surface area contributed by atoms with Crippen LogP contribution in [-0.2, 0) is 16.7 Å². The first-order chi connectivity index (χ1) is 11.2. The van der Waals surface area contributed by atoms with Crippen molar-refractivity contribution in [3.63, 3.8) is 0 Å². The number of aryl methyl sites for hydroxylation is 1. The van der Waals surface area contributed by atoms with E-state index in [9.17, 15) is 4.79 Å². The van der Waals surface area contributed by atoms with E-state index in [4.69, 9.17) is 9.73 Å². The molecule has 0 saturated carbocycles. The molecule has 0 radical (unpaired) electrons. The van der Waals surface area contributed by atoms with Crippen LogP contribution in [0.25, 0.3) is 0 Å². The van der Waals surface area contributed by atoms with E-state index < -0.39 is 11.7 Å². The van der Waals surface area contributed by atoms with Crippen molar-refractivity contribution in [1.29, 1.82) is 0 Å². The molecule has 24 heavy (non-hydrogen) atoms. The standard InChI is InChI=1S/C18H23BrN2O2S/c1-17(2,3)23-16(22)20-15-21-18(4)12(10-24-15)7-5-11-6-8-13(19)9-14(11)18/h6,8-9,12H,5,7,10H2,1-4H3,(H,20,21,22)/t12-,18+/m1/s1. The van der Waals surface area contributed by atoms with Crippen molar-refractivity contribution in [1.82, 2.24) is 5.32 Å². The van der Waals surface area contributed by atoms with Crippen molar-refractivity contribution in [3.05, 3.63) is 33.8 Å². The first-order valence-electron chi connectivity index (χ1n) is 8.19. The van der Waals surface area contributed by atoms with Crippen LogP contribution in [0.4, 0.5) is 4.79 Å². The van der Waals surface area contributed by atoms with E-state index >= 15 is 0 Å². The second-order valence-electron chi connectivity index (χ2n) is 7.54. The fourth-order valence-corrected chi connectivity index (χ4v) is 4.96. The van der Waals surface area contributed by atoms with Crippen molar-refractivity contribution >= 4 is 39.0 Å². The second kappa shape index (κ2) is 6.37. The van der Waals surface area contributed by atoms with Gasteiger partial charge >= 0.3 is 6.09 Å². The average molecular weight is 411 g/mol. The van der Waals surface area contributed by atoms with Crippen LogP contribution in [-0.4, -0.2) is 22.6 Å². The molecular formula is C18H23BrN2O2S. The van der Waals surface area contributed by atoms with Gasteiger partial charge in [-0.25, -0.2) is 4.79 Å². The van der Waals surface area contributed by atoms with E-state index in [1.807, 2.05) is 20.8 Å².